The summed E-state index contributed by atoms with van der Waals surface area (Å²) < 4.78 is 0. The molecule has 0 unspecified atom stereocenters. The Morgan fingerprint density at radius 1 is 1.32 bits per heavy atom. The molecule has 0 saturated carbocycles. The Balaban J connectivity index is 1.63. The van der Waals surface area contributed by atoms with Crippen molar-refractivity contribution in [3.05, 3.63) is 65.5 Å². The van der Waals surface area contributed by atoms with E-state index < -0.39 is 0 Å². The number of carbonyl (C=O) groups excluding carboxylic acids is 1. The lowest BCUT2D eigenvalue weighted by atomic mass is 10.1. The Kier molecular flexibility index (Phi) is 7.79. The molecule has 0 saturated heterocycles. The molecule has 0 spiro atoms. The Labute approximate surface area is 155 Å². The van der Waals surface area contributed by atoms with Gasteiger partial charge in [-0.25, -0.2) is 4.79 Å². The molecule has 0 bridgehead atoms. The SMILES string of the molecule is Cc1cccc(CSCCCNC(=O)N(C)[C@@H](C)c2cccnc2)c1. The molecule has 0 aliphatic heterocycles. The Morgan fingerprint density at radius 3 is 2.88 bits per heavy atom. The van der Waals surface area contributed by atoms with Gasteiger partial charge in [0.25, 0.3) is 0 Å². The van der Waals surface area contributed by atoms with Gasteiger partial charge in [-0.1, -0.05) is 35.9 Å². The highest BCUT2D eigenvalue weighted by atomic mass is 32.2. The topological polar surface area (TPSA) is 45.2 Å². The molecule has 0 fully saturated rings. The zero-order valence-corrected chi connectivity index (χ0v) is 16.1. The van der Waals surface area contributed by atoms with Gasteiger partial charge in [-0.2, -0.15) is 11.8 Å². The van der Waals surface area contributed by atoms with Gasteiger partial charge in [-0.3, -0.25) is 4.98 Å². The number of benzene rings is 1. The highest BCUT2D eigenvalue weighted by Gasteiger charge is 2.16. The summed E-state index contributed by atoms with van der Waals surface area (Å²) in [6.45, 7) is 4.82. The van der Waals surface area contributed by atoms with Crippen LogP contribution in [0.3, 0.4) is 0 Å². The third kappa shape index (κ3) is 6.42. The van der Waals surface area contributed by atoms with E-state index in [0.717, 1.165) is 23.5 Å². The number of hydrogen-bond acceptors (Lipinski definition) is 3. The van der Waals surface area contributed by atoms with Crippen LogP contribution in [0.2, 0.25) is 0 Å². The maximum Gasteiger partial charge on any atom is 0.317 e. The summed E-state index contributed by atoms with van der Waals surface area (Å²) in [5.41, 5.74) is 3.70. The molecule has 1 N–H and O–H groups in total. The highest BCUT2D eigenvalue weighted by Crippen LogP contribution is 2.17. The predicted molar refractivity (Wildman–Crippen MR) is 106 cm³/mol. The minimum Gasteiger partial charge on any atom is -0.338 e. The lowest BCUT2D eigenvalue weighted by Gasteiger charge is -2.25. The number of aromatic nitrogens is 1. The summed E-state index contributed by atoms with van der Waals surface area (Å²) in [6, 6.07) is 12.5. The number of nitrogens with zero attached hydrogens (tertiary/aromatic N) is 2. The summed E-state index contributed by atoms with van der Waals surface area (Å²) in [5.74, 6) is 2.06. The summed E-state index contributed by atoms with van der Waals surface area (Å²) in [6.07, 6.45) is 4.51. The van der Waals surface area contributed by atoms with Crippen molar-refractivity contribution in [2.45, 2.75) is 32.1 Å². The highest BCUT2D eigenvalue weighted by molar-refractivity contribution is 7.98. The van der Waals surface area contributed by atoms with Crippen LogP contribution < -0.4 is 5.32 Å². The number of nitrogens with one attached hydrogen (secondary N) is 1. The van der Waals surface area contributed by atoms with Crippen LogP contribution in [-0.2, 0) is 5.75 Å². The first-order chi connectivity index (χ1) is 12.1. The normalized spacial score (nSPS) is 11.8. The molecule has 2 rings (SSSR count). The fraction of sp³-hybridized carbons (Fsp3) is 0.400. The summed E-state index contributed by atoms with van der Waals surface area (Å²) in [7, 11) is 1.82. The number of hydrogen-bond donors (Lipinski definition) is 1. The zero-order valence-electron chi connectivity index (χ0n) is 15.2. The van der Waals surface area contributed by atoms with Gasteiger partial charge in [0.05, 0.1) is 6.04 Å². The quantitative estimate of drug-likeness (QED) is 0.712. The van der Waals surface area contributed by atoms with Gasteiger partial charge in [-0.05, 0) is 43.2 Å². The smallest absolute Gasteiger partial charge is 0.317 e. The average Bonchev–Trinajstić information content (AvgIpc) is 2.64. The van der Waals surface area contributed by atoms with Crippen molar-refractivity contribution in [3.8, 4) is 0 Å². The van der Waals surface area contributed by atoms with Crippen molar-refractivity contribution >= 4 is 17.8 Å². The Hall–Kier alpha value is -2.01. The summed E-state index contributed by atoms with van der Waals surface area (Å²) in [5, 5.41) is 2.99. The van der Waals surface area contributed by atoms with Crippen LogP contribution in [-0.4, -0.2) is 35.3 Å². The molecule has 1 atom stereocenters. The fourth-order valence-corrected chi connectivity index (χ4v) is 3.42. The van der Waals surface area contributed by atoms with Crippen LogP contribution in [0.15, 0.2) is 48.8 Å². The number of carbonyl (C=O) groups is 1. The van der Waals surface area contributed by atoms with Crippen molar-refractivity contribution in [3.63, 3.8) is 0 Å². The number of thioether (sulfide) groups is 1. The fourth-order valence-electron chi connectivity index (χ4n) is 2.51. The largest absolute Gasteiger partial charge is 0.338 e. The van der Waals surface area contributed by atoms with Gasteiger partial charge in [0.15, 0.2) is 0 Å². The van der Waals surface area contributed by atoms with Gasteiger partial charge in [0, 0.05) is 31.7 Å². The molecule has 2 amide bonds. The van der Waals surface area contributed by atoms with E-state index in [-0.39, 0.29) is 12.1 Å². The minimum absolute atomic E-state index is 0.00407. The Bertz CT molecular complexity index is 663. The van der Waals surface area contributed by atoms with E-state index in [1.165, 1.54) is 11.1 Å². The van der Waals surface area contributed by atoms with Crippen molar-refractivity contribution in [2.24, 2.45) is 0 Å². The standard InChI is InChI=1S/C20H27N3OS/c1-16-7-4-8-18(13-16)15-25-12-6-11-22-20(24)23(3)17(2)19-9-5-10-21-14-19/h4-5,7-10,13-14,17H,6,11-12,15H2,1-3H3,(H,22,24)/t17-/m0/s1. The molecule has 1 aromatic heterocycles. The second-order valence-corrected chi connectivity index (χ2v) is 7.31. The molecular weight excluding hydrogens is 330 g/mol. The van der Waals surface area contributed by atoms with Gasteiger partial charge in [0.1, 0.15) is 0 Å². The number of rotatable bonds is 8. The number of urea groups is 1. The maximum atomic E-state index is 12.2. The van der Waals surface area contributed by atoms with Crippen LogP contribution in [0.5, 0.6) is 0 Å². The van der Waals surface area contributed by atoms with Crippen LogP contribution in [0.25, 0.3) is 0 Å². The van der Waals surface area contributed by atoms with Gasteiger partial charge < -0.3 is 10.2 Å². The zero-order chi connectivity index (χ0) is 18.1. The molecule has 5 heteroatoms. The molecule has 134 valence electrons. The third-order valence-electron chi connectivity index (χ3n) is 4.16. The van der Waals surface area contributed by atoms with Crippen molar-refractivity contribution in [2.75, 3.05) is 19.3 Å². The van der Waals surface area contributed by atoms with E-state index in [9.17, 15) is 4.79 Å². The van der Waals surface area contributed by atoms with Crippen LogP contribution >= 0.6 is 11.8 Å². The molecule has 4 nitrogen and oxygen atoms in total. The van der Waals surface area contributed by atoms with E-state index >= 15 is 0 Å². The lowest BCUT2D eigenvalue weighted by molar-refractivity contribution is 0.194. The van der Waals surface area contributed by atoms with E-state index in [2.05, 4.69) is 41.5 Å². The first kappa shape index (κ1) is 19.3. The summed E-state index contributed by atoms with van der Waals surface area (Å²) in [4.78, 5) is 18.1. The van der Waals surface area contributed by atoms with Crippen LogP contribution in [0.4, 0.5) is 4.79 Å². The van der Waals surface area contributed by atoms with E-state index in [4.69, 9.17) is 0 Å². The van der Waals surface area contributed by atoms with Crippen molar-refractivity contribution in [1.82, 2.24) is 15.2 Å². The second-order valence-electron chi connectivity index (χ2n) is 6.20. The molecule has 0 radical (unpaired) electrons. The van der Waals surface area contributed by atoms with Crippen molar-refractivity contribution < 1.29 is 4.79 Å². The molecule has 2 aromatic rings. The van der Waals surface area contributed by atoms with E-state index in [1.807, 2.05) is 37.9 Å². The maximum absolute atomic E-state index is 12.2. The van der Waals surface area contributed by atoms with E-state index in [0.29, 0.717) is 6.54 Å². The lowest BCUT2D eigenvalue weighted by Crippen LogP contribution is -2.39. The first-order valence-electron chi connectivity index (χ1n) is 8.62. The van der Waals surface area contributed by atoms with Gasteiger partial charge in [0.2, 0.25) is 0 Å². The molecule has 0 aliphatic carbocycles. The number of pyridine rings is 1. The van der Waals surface area contributed by atoms with Gasteiger partial charge >= 0.3 is 6.03 Å². The molecule has 25 heavy (non-hydrogen) atoms. The third-order valence-corrected chi connectivity index (χ3v) is 5.28. The Morgan fingerprint density at radius 2 is 2.16 bits per heavy atom. The van der Waals surface area contributed by atoms with Crippen molar-refractivity contribution in [1.29, 1.82) is 0 Å². The molecule has 0 aliphatic rings. The molecule has 1 heterocycles. The molecule has 1 aromatic carbocycles. The van der Waals surface area contributed by atoms with Gasteiger partial charge in [-0.15, -0.1) is 0 Å². The number of aryl methyl sites for hydroxylation is 1. The van der Waals surface area contributed by atoms with Crippen LogP contribution in [0.1, 0.15) is 36.1 Å². The second kappa shape index (κ2) is 10.1. The predicted octanol–water partition coefficient (Wildman–Crippen LogP) is 4.42. The van der Waals surface area contributed by atoms with Crippen LogP contribution in [0, 0.1) is 6.92 Å². The monoisotopic (exact) mass is 357 g/mol. The molecular formula is C20H27N3OS. The van der Waals surface area contributed by atoms with E-state index in [1.54, 1.807) is 17.3 Å². The summed E-state index contributed by atoms with van der Waals surface area (Å²) >= 11 is 1.91. The number of amides is 2. The first-order valence-corrected chi connectivity index (χ1v) is 9.77. The average molecular weight is 358 g/mol. The minimum atomic E-state index is -0.0416.